The first-order valence-electron chi connectivity index (χ1n) is 5.12. The minimum absolute atomic E-state index is 0.00140. The van der Waals surface area contributed by atoms with Gasteiger partial charge in [0.15, 0.2) is 5.76 Å². The average Bonchev–Trinajstić information content (AvgIpc) is 2.95. The second-order valence-corrected chi connectivity index (χ2v) is 5.33. The number of nitrogens with zero attached hydrogens (tertiary/aromatic N) is 1. The highest BCUT2D eigenvalue weighted by Crippen LogP contribution is 2.20. The van der Waals surface area contributed by atoms with Gasteiger partial charge in [-0.15, -0.1) is 0 Å². The Morgan fingerprint density at radius 3 is 2.78 bits per heavy atom. The Morgan fingerprint density at radius 2 is 2.22 bits per heavy atom. The van der Waals surface area contributed by atoms with E-state index in [4.69, 9.17) is 14.0 Å². The van der Waals surface area contributed by atoms with E-state index < -0.39 is 10.0 Å². The topological polar surface area (TPSA) is 106 Å². The first-order valence-corrected chi connectivity index (χ1v) is 6.60. The molecule has 0 aliphatic heterocycles. The molecule has 8 heteroatoms. The van der Waals surface area contributed by atoms with Crippen LogP contribution in [-0.2, 0) is 23.2 Å². The summed E-state index contributed by atoms with van der Waals surface area (Å²) in [5.41, 5.74) is 0. The van der Waals surface area contributed by atoms with Crippen LogP contribution in [0.3, 0.4) is 0 Å². The van der Waals surface area contributed by atoms with Crippen molar-refractivity contribution in [2.45, 2.75) is 25.0 Å². The molecule has 2 aromatic heterocycles. The van der Waals surface area contributed by atoms with Gasteiger partial charge in [0.25, 0.3) is 0 Å². The molecular formula is C10H12N2O5S. The van der Waals surface area contributed by atoms with Gasteiger partial charge in [0.05, 0.1) is 12.7 Å². The van der Waals surface area contributed by atoms with Crippen molar-refractivity contribution in [3.8, 4) is 0 Å². The molecule has 0 saturated heterocycles. The van der Waals surface area contributed by atoms with Crippen molar-refractivity contribution in [2.75, 3.05) is 0 Å². The maximum absolute atomic E-state index is 12.0. The van der Waals surface area contributed by atoms with Crippen molar-refractivity contribution in [1.82, 2.24) is 9.88 Å². The van der Waals surface area contributed by atoms with Crippen LogP contribution in [-0.4, -0.2) is 18.7 Å². The SMILES string of the molecule is Cc1oc(CO)cc1S(=O)(=O)NCc1ccno1. The molecule has 0 fully saturated rings. The van der Waals surface area contributed by atoms with Gasteiger partial charge in [-0.1, -0.05) is 5.16 Å². The summed E-state index contributed by atoms with van der Waals surface area (Å²) in [6, 6.07) is 2.85. The zero-order chi connectivity index (χ0) is 13.2. The third-order valence-corrected chi connectivity index (χ3v) is 3.80. The van der Waals surface area contributed by atoms with Crippen molar-refractivity contribution in [2.24, 2.45) is 0 Å². The van der Waals surface area contributed by atoms with Crippen LogP contribution in [0.5, 0.6) is 0 Å². The summed E-state index contributed by atoms with van der Waals surface area (Å²) in [6.07, 6.45) is 1.43. The Balaban J connectivity index is 2.17. The van der Waals surface area contributed by atoms with Crippen LogP contribution in [0.2, 0.25) is 0 Å². The van der Waals surface area contributed by atoms with Gasteiger partial charge in [-0.25, -0.2) is 13.1 Å². The molecule has 18 heavy (non-hydrogen) atoms. The van der Waals surface area contributed by atoms with Crippen LogP contribution in [0.4, 0.5) is 0 Å². The van der Waals surface area contributed by atoms with Crippen molar-refractivity contribution >= 4 is 10.0 Å². The van der Waals surface area contributed by atoms with Gasteiger partial charge < -0.3 is 14.0 Å². The van der Waals surface area contributed by atoms with Gasteiger partial charge in [0, 0.05) is 12.1 Å². The van der Waals surface area contributed by atoms with E-state index in [-0.39, 0.29) is 29.6 Å². The zero-order valence-electron chi connectivity index (χ0n) is 9.58. The van der Waals surface area contributed by atoms with Gasteiger partial charge in [0.2, 0.25) is 10.0 Å². The molecule has 2 rings (SSSR count). The summed E-state index contributed by atoms with van der Waals surface area (Å²) in [6.45, 7) is 1.17. The molecule has 0 amide bonds. The number of hydrogen-bond donors (Lipinski definition) is 2. The minimum atomic E-state index is -3.70. The van der Waals surface area contributed by atoms with E-state index in [1.807, 2.05) is 0 Å². The molecule has 2 aromatic rings. The maximum atomic E-state index is 12.0. The van der Waals surface area contributed by atoms with E-state index in [2.05, 4.69) is 9.88 Å². The largest absolute Gasteiger partial charge is 0.462 e. The predicted octanol–water partition coefficient (Wildman–Crippen LogP) is 0.547. The first kappa shape index (κ1) is 12.8. The molecule has 0 atom stereocenters. The Kier molecular flexibility index (Phi) is 3.50. The third kappa shape index (κ3) is 2.61. The van der Waals surface area contributed by atoms with E-state index in [1.165, 1.54) is 19.2 Å². The summed E-state index contributed by atoms with van der Waals surface area (Å²) in [5.74, 6) is 0.832. The molecule has 0 bridgehead atoms. The molecular weight excluding hydrogens is 260 g/mol. The van der Waals surface area contributed by atoms with Gasteiger partial charge >= 0.3 is 0 Å². The number of sulfonamides is 1. The normalized spacial score (nSPS) is 11.9. The van der Waals surface area contributed by atoms with E-state index in [0.717, 1.165) is 0 Å². The molecule has 7 nitrogen and oxygen atoms in total. The molecule has 2 heterocycles. The lowest BCUT2D eigenvalue weighted by atomic mass is 10.4. The van der Waals surface area contributed by atoms with Gasteiger partial charge in [-0.05, 0) is 6.92 Å². The molecule has 0 unspecified atom stereocenters. The van der Waals surface area contributed by atoms with Crippen LogP contribution in [0.1, 0.15) is 17.3 Å². The molecule has 2 N–H and O–H groups in total. The summed E-state index contributed by atoms with van der Waals surface area (Å²) in [5, 5.41) is 12.4. The lowest BCUT2D eigenvalue weighted by Crippen LogP contribution is -2.23. The summed E-state index contributed by atoms with van der Waals surface area (Å²) in [4.78, 5) is 0.00562. The Hall–Kier alpha value is -1.64. The van der Waals surface area contributed by atoms with Crippen LogP contribution in [0.25, 0.3) is 0 Å². The fourth-order valence-electron chi connectivity index (χ4n) is 1.45. The Morgan fingerprint density at radius 1 is 1.44 bits per heavy atom. The molecule has 0 spiro atoms. The fourth-order valence-corrected chi connectivity index (χ4v) is 2.64. The lowest BCUT2D eigenvalue weighted by molar-refractivity contribution is 0.244. The number of aromatic nitrogens is 1. The number of furan rings is 1. The van der Waals surface area contributed by atoms with Crippen molar-refractivity contribution in [1.29, 1.82) is 0 Å². The first-order chi connectivity index (χ1) is 8.53. The number of aliphatic hydroxyl groups excluding tert-OH is 1. The fraction of sp³-hybridized carbons (Fsp3) is 0.300. The lowest BCUT2D eigenvalue weighted by Gasteiger charge is -2.02. The quantitative estimate of drug-likeness (QED) is 0.823. The summed E-state index contributed by atoms with van der Waals surface area (Å²) >= 11 is 0. The highest BCUT2D eigenvalue weighted by Gasteiger charge is 2.21. The van der Waals surface area contributed by atoms with Crippen molar-refractivity contribution in [3.63, 3.8) is 0 Å². The van der Waals surface area contributed by atoms with Crippen LogP contribution in [0, 0.1) is 6.92 Å². The number of rotatable bonds is 5. The molecule has 98 valence electrons. The monoisotopic (exact) mass is 272 g/mol. The number of aryl methyl sites for hydroxylation is 1. The van der Waals surface area contributed by atoms with Crippen LogP contribution in [0.15, 0.2) is 32.2 Å². The number of aliphatic hydroxyl groups is 1. The summed E-state index contributed by atoms with van der Waals surface area (Å²) in [7, 11) is -3.70. The molecule has 0 saturated carbocycles. The average molecular weight is 272 g/mol. The van der Waals surface area contributed by atoms with Crippen molar-refractivity contribution < 1.29 is 22.5 Å². The van der Waals surface area contributed by atoms with Crippen LogP contribution >= 0.6 is 0 Å². The third-order valence-electron chi connectivity index (χ3n) is 2.30. The highest BCUT2D eigenvalue weighted by atomic mass is 32.2. The zero-order valence-corrected chi connectivity index (χ0v) is 10.4. The molecule has 0 aromatic carbocycles. The Bertz CT molecular complexity index is 615. The minimum Gasteiger partial charge on any atom is -0.462 e. The van der Waals surface area contributed by atoms with Gasteiger partial charge in [-0.2, -0.15) is 0 Å². The maximum Gasteiger partial charge on any atom is 0.244 e. The Labute approximate surface area is 103 Å². The number of hydrogen-bond acceptors (Lipinski definition) is 6. The van der Waals surface area contributed by atoms with Gasteiger partial charge in [0.1, 0.15) is 23.0 Å². The second kappa shape index (κ2) is 4.92. The standard InChI is InChI=1S/C10H12N2O5S/c1-7-10(4-9(6-13)16-7)18(14,15)12-5-8-2-3-11-17-8/h2-4,12-13H,5-6H2,1H3. The van der Waals surface area contributed by atoms with E-state index in [0.29, 0.717) is 5.76 Å². The summed E-state index contributed by atoms with van der Waals surface area (Å²) < 4.78 is 36.1. The van der Waals surface area contributed by atoms with Gasteiger partial charge in [-0.3, -0.25) is 0 Å². The molecule has 0 radical (unpaired) electrons. The van der Waals surface area contributed by atoms with E-state index >= 15 is 0 Å². The van der Waals surface area contributed by atoms with Crippen LogP contribution < -0.4 is 4.72 Å². The molecule has 0 aliphatic rings. The van der Waals surface area contributed by atoms with E-state index in [1.54, 1.807) is 6.07 Å². The second-order valence-electron chi connectivity index (χ2n) is 3.59. The predicted molar refractivity (Wildman–Crippen MR) is 59.9 cm³/mol. The van der Waals surface area contributed by atoms with E-state index in [9.17, 15) is 8.42 Å². The molecule has 0 aliphatic carbocycles. The van der Waals surface area contributed by atoms with Crippen molar-refractivity contribution in [3.05, 3.63) is 35.6 Å². The highest BCUT2D eigenvalue weighted by molar-refractivity contribution is 7.89. The number of nitrogens with one attached hydrogen (secondary N) is 1. The smallest absolute Gasteiger partial charge is 0.244 e.